The molecule has 0 atom stereocenters. The van der Waals surface area contributed by atoms with Gasteiger partial charge in [-0.2, -0.15) is 0 Å². The third-order valence-electron chi connectivity index (χ3n) is 1.47. The van der Waals surface area contributed by atoms with Crippen LogP contribution in [0.3, 0.4) is 0 Å². The molecule has 0 spiro atoms. The first-order chi connectivity index (χ1) is 5.27. The maximum absolute atomic E-state index is 3.84. The summed E-state index contributed by atoms with van der Waals surface area (Å²) < 4.78 is 0. The van der Waals surface area contributed by atoms with E-state index in [9.17, 15) is 0 Å². The molecular formula is C10H19N. The zero-order valence-electron chi connectivity index (χ0n) is 7.69. The Kier molecular flexibility index (Phi) is 7.16. The van der Waals surface area contributed by atoms with Gasteiger partial charge in [-0.1, -0.05) is 17.7 Å². The molecule has 11 heavy (non-hydrogen) atoms. The predicted octanol–water partition coefficient (Wildman–Crippen LogP) is 2.51. The fourth-order valence-electron chi connectivity index (χ4n) is 0.793. The minimum Gasteiger partial charge on any atom is -0.319 e. The Labute approximate surface area is 70.2 Å². The molecule has 0 rings (SSSR count). The first-order valence-corrected chi connectivity index (χ1v) is 4.21. The van der Waals surface area contributed by atoms with Crippen LogP contribution in [0.2, 0.25) is 0 Å². The van der Waals surface area contributed by atoms with Crippen molar-refractivity contribution in [3.63, 3.8) is 0 Å². The van der Waals surface area contributed by atoms with Crippen molar-refractivity contribution in [2.45, 2.75) is 26.2 Å². The Morgan fingerprint density at radius 2 is 2.00 bits per heavy atom. The molecule has 0 saturated carbocycles. The van der Waals surface area contributed by atoms with E-state index in [1.165, 1.54) is 5.57 Å². The molecule has 64 valence electrons. The van der Waals surface area contributed by atoms with E-state index in [1.807, 2.05) is 7.05 Å². The number of nitrogens with one attached hydrogen (secondary N) is 1. The van der Waals surface area contributed by atoms with Gasteiger partial charge in [-0.3, -0.25) is 0 Å². The van der Waals surface area contributed by atoms with Crippen molar-refractivity contribution < 1.29 is 0 Å². The molecule has 0 aromatic heterocycles. The lowest BCUT2D eigenvalue weighted by atomic mass is 10.2. The summed E-state index contributed by atoms with van der Waals surface area (Å²) in [5.41, 5.74) is 1.27. The van der Waals surface area contributed by atoms with Crippen LogP contribution < -0.4 is 5.32 Å². The molecule has 0 aliphatic carbocycles. The summed E-state index contributed by atoms with van der Waals surface area (Å²) in [5.74, 6) is 0. The summed E-state index contributed by atoms with van der Waals surface area (Å²) in [6, 6.07) is 0. The minimum absolute atomic E-state index is 1.07. The number of hydrogen-bond acceptors (Lipinski definition) is 1. The van der Waals surface area contributed by atoms with Gasteiger partial charge < -0.3 is 5.32 Å². The van der Waals surface area contributed by atoms with Crippen molar-refractivity contribution in [3.05, 3.63) is 24.3 Å². The van der Waals surface area contributed by atoms with Crippen molar-refractivity contribution >= 4 is 0 Å². The molecule has 0 unspecified atom stereocenters. The fourth-order valence-corrected chi connectivity index (χ4v) is 0.793. The largest absolute Gasteiger partial charge is 0.319 e. The van der Waals surface area contributed by atoms with E-state index in [1.54, 1.807) is 0 Å². The van der Waals surface area contributed by atoms with E-state index in [2.05, 4.69) is 31.0 Å². The van der Waals surface area contributed by atoms with E-state index < -0.39 is 0 Å². The summed E-state index contributed by atoms with van der Waals surface area (Å²) >= 11 is 0. The molecule has 1 heteroatoms. The highest BCUT2D eigenvalue weighted by Crippen LogP contribution is 2.00. The smallest absolute Gasteiger partial charge is 0.00173 e. The number of hydrogen-bond donors (Lipinski definition) is 1. The Morgan fingerprint density at radius 3 is 2.55 bits per heavy atom. The van der Waals surface area contributed by atoms with Gasteiger partial charge in [0.05, 0.1) is 0 Å². The van der Waals surface area contributed by atoms with Gasteiger partial charge in [0.25, 0.3) is 0 Å². The molecule has 0 heterocycles. The van der Waals surface area contributed by atoms with E-state index >= 15 is 0 Å². The van der Waals surface area contributed by atoms with Gasteiger partial charge in [0, 0.05) is 0 Å². The second-order valence-electron chi connectivity index (χ2n) is 2.86. The SMILES string of the molecule is C=C(C)CC/C=C/CCNC. The third-order valence-corrected chi connectivity index (χ3v) is 1.47. The van der Waals surface area contributed by atoms with Gasteiger partial charge >= 0.3 is 0 Å². The maximum Gasteiger partial charge on any atom is -0.00173 e. The Hall–Kier alpha value is -0.560. The molecular weight excluding hydrogens is 134 g/mol. The Bertz CT molecular complexity index is 125. The van der Waals surface area contributed by atoms with Gasteiger partial charge in [0.2, 0.25) is 0 Å². The minimum atomic E-state index is 1.07. The molecule has 0 amide bonds. The molecule has 1 nitrogen and oxygen atoms in total. The molecule has 1 N–H and O–H groups in total. The highest BCUT2D eigenvalue weighted by molar-refractivity contribution is 4.92. The van der Waals surface area contributed by atoms with Crippen LogP contribution in [-0.4, -0.2) is 13.6 Å². The average Bonchev–Trinajstić information content (AvgIpc) is 1.96. The Balaban J connectivity index is 3.10. The topological polar surface area (TPSA) is 12.0 Å². The van der Waals surface area contributed by atoms with Crippen LogP contribution in [0.5, 0.6) is 0 Å². The first kappa shape index (κ1) is 10.4. The molecule has 0 bridgehead atoms. The fraction of sp³-hybridized carbons (Fsp3) is 0.600. The lowest BCUT2D eigenvalue weighted by Crippen LogP contribution is -2.05. The van der Waals surface area contributed by atoms with E-state index in [4.69, 9.17) is 0 Å². The lowest BCUT2D eigenvalue weighted by molar-refractivity contribution is 0.804. The van der Waals surface area contributed by atoms with E-state index in [-0.39, 0.29) is 0 Å². The quantitative estimate of drug-likeness (QED) is 0.456. The molecule has 0 aromatic carbocycles. The number of allylic oxidation sites excluding steroid dienone is 2. The van der Waals surface area contributed by atoms with Gasteiger partial charge in [-0.05, 0) is 39.8 Å². The second kappa shape index (κ2) is 7.55. The molecule has 0 aliphatic heterocycles. The van der Waals surface area contributed by atoms with Crippen molar-refractivity contribution in [1.82, 2.24) is 5.32 Å². The lowest BCUT2D eigenvalue weighted by Gasteiger charge is -1.93. The van der Waals surface area contributed by atoms with Crippen LogP contribution in [0.25, 0.3) is 0 Å². The van der Waals surface area contributed by atoms with Crippen LogP contribution in [-0.2, 0) is 0 Å². The summed E-state index contributed by atoms with van der Waals surface area (Å²) in [7, 11) is 1.97. The second-order valence-corrected chi connectivity index (χ2v) is 2.86. The summed E-state index contributed by atoms with van der Waals surface area (Å²) in [6.45, 7) is 6.99. The van der Waals surface area contributed by atoms with Gasteiger partial charge in [0.1, 0.15) is 0 Å². The molecule has 0 aromatic rings. The zero-order chi connectivity index (χ0) is 8.53. The highest BCUT2D eigenvalue weighted by Gasteiger charge is 1.82. The maximum atomic E-state index is 3.84. The van der Waals surface area contributed by atoms with Crippen molar-refractivity contribution in [3.8, 4) is 0 Å². The van der Waals surface area contributed by atoms with Gasteiger partial charge in [-0.15, -0.1) is 6.58 Å². The first-order valence-electron chi connectivity index (χ1n) is 4.21. The van der Waals surface area contributed by atoms with Crippen LogP contribution in [0.15, 0.2) is 24.3 Å². The number of rotatable bonds is 6. The van der Waals surface area contributed by atoms with Crippen LogP contribution in [0.1, 0.15) is 26.2 Å². The molecule has 0 aliphatic rings. The van der Waals surface area contributed by atoms with Gasteiger partial charge in [-0.25, -0.2) is 0 Å². The Morgan fingerprint density at radius 1 is 1.36 bits per heavy atom. The predicted molar refractivity (Wildman–Crippen MR) is 51.7 cm³/mol. The standard InChI is InChI=1S/C10H19N/c1-10(2)8-6-4-5-7-9-11-3/h4-5,11H,1,6-9H2,2-3H3/b5-4+. The summed E-state index contributed by atoms with van der Waals surface area (Å²) in [4.78, 5) is 0. The van der Waals surface area contributed by atoms with Gasteiger partial charge in [0.15, 0.2) is 0 Å². The normalized spacial score (nSPS) is 10.7. The highest BCUT2D eigenvalue weighted by atomic mass is 14.8. The van der Waals surface area contributed by atoms with Crippen LogP contribution in [0.4, 0.5) is 0 Å². The summed E-state index contributed by atoms with van der Waals surface area (Å²) in [6.07, 6.45) is 7.84. The van der Waals surface area contributed by atoms with E-state index in [0.717, 1.165) is 25.8 Å². The third kappa shape index (κ3) is 9.44. The molecule has 0 saturated heterocycles. The van der Waals surface area contributed by atoms with Crippen LogP contribution >= 0.6 is 0 Å². The van der Waals surface area contributed by atoms with Crippen molar-refractivity contribution in [1.29, 1.82) is 0 Å². The molecule has 0 radical (unpaired) electrons. The van der Waals surface area contributed by atoms with E-state index in [0.29, 0.717) is 0 Å². The average molecular weight is 153 g/mol. The van der Waals surface area contributed by atoms with Crippen molar-refractivity contribution in [2.24, 2.45) is 0 Å². The monoisotopic (exact) mass is 153 g/mol. The zero-order valence-corrected chi connectivity index (χ0v) is 7.69. The summed E-state index contributed by atoms with van der Waals surface area (Å²) in [5, 5.41) is 3.10. The van der Waals surface area contributed by atoms with Crippen LogP contribution in [0, 0.1) is 0 Å². The molecule has 0 fully saturated rings. The van der Waals surface area contributed by atoms with Crippen molar-refractivity contribution in [2.75, 3.05) is 13.6 Å².